The number of hydrazine groups is 1. The monoisotopic (exact) mass is 279 g/mol. The maximum Gasteiger partial charge on any atom is 0.265 e. The molecule has 1 aromatic carbocycles. The molecule has 4 N–H and O–H groups in total. The topological polar surface area (TPSA) is 87.8 Å². The van der Waals surface area contributed by atoms with E-state index in [1.807, 2.05) is 18.2 Å². The van der Waals surface area contributed by atoms with Gasteiger partial charge in [0.05, 0.1) is 19.3 Å². The van der Waals surface area contributed by atoms with Gasteiger partial charge in [0.1, 0.15) is 0 Å². The molecule has 110 valence electrons. The summed E-state index contributed by atoms with van der Waals surface area (Å²) in [5.41, 5.74) is 3.72. The number of nitrogens with two attached hydrogens (primary N) is 1. The highest BCUT2D eigenvalue weighted by molar-refractivity contribution is 5.93. The SMILES string of the molecule is CC1COC(CO)CN1Cc1cccc(C(=O)NN)c1. The van der Waals surface area contributed by atoms with Crippen molar-refractivity contribution in [1.82, 2.24) is 10.3 Å². The summed E-state index contributed by atoms with van der Waals surface area (Å²) in [6.45, 7) is 4.12. The van der Waals surface area contributed by atoms with Crippen LogP contribution in [0.15, 0.2) is 24.3 Å². The average Bonchev–Trinajstić information content (AvgIpc) is 2.49. The Balaban J connectivity index is 2.06. The van der Waals surface area contributed by atoms with Gasteiger partial charge in [0.25, 0.3) is 5.91 Å². The minimum atomic E-state index is -0.296. The quantitative estimate of drug-likeness (QED) is 0.406. The molecule has 2 atom stereocenters. The maximum absolute atomic E-state index is 11.5. The lowest BCUT2D eigenvalue weighted by atomic mass is 10.1. The lowest BCUT2D eigenvalue weighted by molar-refractivity contribution is -0.0805. The first-order valence-electron chi connectivity index (χ1n) is 6.70. The van der Waals surface area contributed by atoms with Crippen molar-refractivity contribution in [2.75, 3.05) is 19.8 Å². The Morgan fingerprint density at radius 2 is 2.40 bits per heavy atom. The van der Waals surface area contributed by atoms with Crippen molar-refractivity contribution in [1.29, 1.82) is 0 Å². The van der Waals surface area contributed by atoms with Crippen molar-refractivity contribution in [2.24, 2.45) is 5.84 Å². The van der Waals surface area contributed by atoms with Crippen molar-refractivity contribution in [3.8, 4) is 0 Å². The molecule has 1 aliphatic rings. The molecule has 0 spiro atoms. The van der Waals surface area contributed by atoms with Crippen LogP contribution in [-0.2, 0) is 11.3 Å². The predicted molar refractivity (Wildman–Crippen MR) is 74.8 cm³/mol. The largest absolute Gasteiger partial charge is 0.394 e. The van der Waals surface area contributed by atoms with E-state index >= 15 is 0 Å². The van der Waals surface area contributed by atoms with E-state index in [1.54, 1.807) is 6.07 Å². The number of morpholine rings is 1. The van der Waals surface area contributed by atoms with Crippen LogP contribution < -0.4 is 11.3 Å². The molecule has 1 amide bonds. The number of carbonyl (C=O) groups is 1. The number of carbonyl (C=O) groups excluding carboxylic acids is 1. The van der Waals surface area contributed by atoms with Gasteiger partial charge in [-0.15, -0.1) is 0 Å². The Morgan fingerprint density at radius 1 is 1.60 bits per heavy atom. The molecule has 1 aliphatic heterocycles. The van der Waals surface area contributed by atoms with E-state index in [9.17, 15) is 9.90 Å². The third kappa shape index (κ3) is 3.55. The highest BCUT2D eigenvalue weighted by Crippen LogP contribution is 2.16. The molecule has 1 heterocycles. The standard InChI is InChI=1S/C14H21N3O3/c1-10-9-20-13(8-18)7-17(10)6-11-3-2-4-12(5-11)14(19)16-15/h2-5,10,13,18H,6-9,15H2,1H3,(H,16,19). The number of aliphatic hydroxyl groups is 1. The maximum atomic E-state index is 11.5. The summed E-state index contributed by atoms with van der Waals surface area (Å²) in [5.74, 6) is 4.85. The molecule has 0 radical (unpaired) electrons. The molecule has 0 aromatic heterocycles. The normalized spacial score (nSPS) is 23.6. The minimum absolute atomic E-state index is 0.0266. The first kappa shape index (κ1) is 14.9. The van der Waals surface area contributed by atoms with Crippen LogP contribution >= 0.6 is 0 Å². The van der Waals surface area contributed by atoms with Crippen LogP contribution in [0.3, 0.4) is 0 Å². The van der Waals surface area contributed by atoms with Crippen LogP contribution in [0, 0.1) is 0 Å². The van der Waals surface area contributed by atoms with Gasteiger partial charge < -0.3 is 9.84 Å². The van der Waals surface area contributed by atoms with Crippen LogP contribution in [0.4, 0.5) is 0 Å². The molecule has 6 heteroatoms. The Labute approximate surface area is 118 Å². The van der Waals surface area contributed by atoms with Crippen LogP contribution in [0.2, 0.25) is 0 Å². The lowest BCUT2D eigenvalue weighted by Crippen LogP contribution is -2.48. The lowest BCUT2D eigenvalue weighted by Gasteiger charge is -2.37. The number of benzene rings is 1. The third-order valence-electron chi connectivity index (χ3n) is 3.54. The molecule has 6 nitrogen and oxygen atoms in total. The molecule has 20 heavy (non-hydrogen) atoms. The van der Waals surface area contributed by atoms with Gasteiger partial charge in [-0.25, -0.2) is 5.84 Å². The fourth-order valence-electron chi connectivity index (χ4n) is 2.33. The summed E-state index contributed by atoms with van der Waals surface area (Å²) in [5, 5.41) is 9.19. The first-order valence-corrected chi connectivity index (χ1v) is 6.70. The second-order valence-electron chi connectivity index (χ2n) is 5.09. The summed E-state index contributed by atoms with van der Waals surface area (Å²) in [4.78, 5) is 13.8. The Hall–Kier alpha value is -1.47. The van der Waals surface area contributed by atoms with Gasteiger partial charge in [0, 0.05) is 24.7 Å². The molecular weight excluding hydrogens is 258 g/mol. The van der Waals surface area contributed by atoms with Gasteiger partial charge >= 0.3 is 0 Å². The van der Waals surface area contributed by atoms with Crippen molar-refractivity contribution in [3.05, 3.63) is 35.4 Å². The molecule has 1 fully saturated rings. The van der Waals surface area contributed by atoms with E-state index in [0.29, 0.717) is 25.3 Å². The smallest absolute Gasteiger partial charge is 0.265 e. The fourth-order valence-corrected chi connectivity index (χ4v) is 2.33. The summed E-state index contributed by atoms with van der Waals surface area (Å²) >= 11 is 0. The zero-order valence-corrected chi connectivity index (χ0v) is 11.6. The highest BCUT2D eigenvalue weighted by atomic mass is 16.5. The van der Waals surface area contributed by atoms with Gasteiger partial charge in [-0.05, 0) is 24.6 Å². The van der Waals surface area contributed by atoms with Crippen molar-refractivity contribution in [3.63, 3.8) is 0 Å². The average molecular weight is 279 g/mol. The van der Waals surface area contributed by atoms with E-state index in [4.69, 9.17) is 10.6 Å². The van der Waals surface area contributed by atoms with Gasteiger partial charge in [0.2, 0.25) is 0 Å². The van der Waals surface area contributed by atoms with Crippen LogP contribution in [0.5, 0.6) is 0 Å². The zero-order valence-electron chi connectivity index (χ0n) is 11.6. The summed E-state index contributed by atoms with van der Waals surface area (Å²) < 4.78 is 5.51. The Morgan fingerprint density at radius 3 is 3.10 bits per heavy atom. The second kappa shape index (κ2) is 6.81. The summed E-state index contributed by atoms with van der Waals surface area (Å²) in [6, 6.07) is 7.66. The molecule has 0 bridgehead atoms. The van der Waals surface area contributed by atoms with E-state index in [1.165, 1.54) is 0 Å². The van der Waals surface area contributed by atoms with Gasteiger partial charge in [-0.2, -0.15) is 0 Å². The molecule has 1 saturated heterocycles. The number of aliphatic hydroxyl groups excluding tert-OH is 1. The number of rotatable bonds is 4. The van der Waals surface area contributed by atoms with Gasteiger partial charge in [0.15, 0.2) is 0 Å². The summed E-state index contributed by atoms with van der Waals surface area (Å²) in [6.07, 6.45) is -0.137. The number of nitrogens with zero attached hydrogens (tertiary/aromatic N) is 1. The predicted octanol–water partition coefficient (Wildman–Crippen LogP) is -0.128. The third-order valence-corrected chi connectivity index (χ3v) is 3.54. The molecule has 0 aliphatic carbocycles. The number of ether oxygens (including phenoxy) is 1. The van der Waals surface area contributed by atoms with Gasteiger partial charge in [-0.3, -0.25) is 15.1 Å². The Bertz CT molecular complexity index is 467. The van der Waals surface area contributed by atoms with E-state index < -0.39 is 0 Å². The fraction of sp³-hybridized carbons (Fsp3) is 0.500. The molecule has 2 unspecified atom stereocenters. The van der Waals surface area contributed by atoms with Gasteiger partial charge in [-0.1, -0.05) is 12.1 Å². The second-order valence-corrected chi connectivity index (χ2v) is 5.09. The van der Waals surface area contributed by atoms with Crippen molar-refractivity contribution in [2.45, 2.75) is 25.6 Å². The van der Waals surface area contributed by atoms with E-state index in [0.717, 1.165) is 5.56 Å². The number of hydrogen-bond acceptors (Lipinski definition) is 5. The number of amides is 1. The zero-order chi connectivity index (χ0) is 14.5. The highest BCUT2D eigenvalue weighted by Gasteiger charge is 2.25. The van der Waals surface area contributed by atoms with Crippen LogP contribution in [0.25, 0.3) is 0 Å². The van der Waals surface area contributed by atoms with Crippen molar-refractivity contribution >= 4 is 5.91 Å². The minimum Gasteiger partial charge on any atom is -0.394 e. The number of nitrogen functional groups attached to an aromatic ring is 1. The number of nitrogens with one attached hydrogen (secondary N) is 1. The number of hydrogen-bond donors (Lipinski definition) is 3. The van der Waals surface area contributed by atoms with Crippen LogP contribution in [0.1, 0.15) is 22.8 Å². The molecule has 0 saturated carbocycles. The first-order chi connectivity index (χ1) is 9.63. The van der Waals surface area contributed by atoms with Crippen LogP contribution in [-0.4, -0.2) is 47.8 Å². The van der Waals surface area contributed by atoms with E-state index in [-0.39, 0.29) is 24.7 Å². The summed E-state index contributed by atoms with van der Waals surface area (Å²) in [7, 11) is 0. The molecule has 2 rings (SSSR count). The van der Waals surface area contributed by atoms with E-state index in [2.05, 4.69) is 17.2 Å². The molecular formula is C14H21N3O3. The van der Waals surface area contributed by atoms with Crippen molar-refractivity contribution < 1.29 is 14.6 Å². The molecule has 1 aromatic rings. The Kier molecular flexibility index (Phi) is 5.08.